The lowest BCUT2D eigenvalue weighted by Gasteiger charge is -2.37. The standard InChI is InChI=1S/C22H25F3N4S/c1-30-15-21-26-18-7-6-16(14-19(18)27-21)8-9-28-10-12-29(13-11-28)20-5-3-2-4-17(20)22(23,24)25/h2-7,14H,8-13,15H2,1H3,(H,26,27). The Kier molecular flexibility index (Phi) is 6.24. The van der Waals surface area contributed by atoms with E-state index in [2.05, 4.69) is 39.3 Å². The highest BCUT2D eigenvalue weighted by Crippen LogP contribution is 2.36. The van der Waals surface area contributed by atoms with Gasteiger partial charge in [0.1, 0.15) is 5.82 Å². The van der Waals surface area contributed by atoms with Gasteiger partial charge in [-0.05, 0) is 42.5 Å². The van der Waals surface area contributed by atoms with Crippen LogP contribution in [0, 0.1) is 0 Å². The molecule has 1 aromatic heterocycles. The van der Waals surface area contributed by atoms with Crippen molar-refractivity contribution >= 4 is 28.5 Å². The predicted octanol–water partition coefficient (Wildman–Crippen LogP) is 4.81. The first-order chi connectivity index (χ1) is 14.4. The second-order valence-electron chi connectivity index (χ2n) is 7.56. The third-order valence-electron chi connectivity index (χ3n) is 5.52. The van der Waals surface area contributed by atoms with Gasteiger partial charge in [-0.25, -0.2) is 4.98 Å². The van der Waals surface area contributed by atoms with Crippen molar-refractivity contribution in [2.45, 2.75) is 18.3 Å². The normalized spacial score (nSPS) is 15.8. The number of anilines is 1. The molecule has 0 atom stereocenters. The lowest BCUT2D eigenvalue weighted by molar-refractivity contribution is -0.137. The highest BCUT2D eigenvalue weighted by molar-refractivity contribution is 7.97. The molecule has 2 heterocycles. The van der Waals surface area contributed by atoms with Gasteiger partial charge >= 0.3 is 6.18 Å². The lowest BCUT2D eigenvalue weighted by Crippen LogP contribution is -2.47. The van der Waals surface area contributed by atoms with Crippen LogP contribution in [0.3, 0.4) is 0 Å². The summed E-state index contributed by atoms with van der Waals surface area (Å²) < 4.78 is 39.9. The van der Waals surface area contributed by atoms with Gasteiger partial charge in [-0.15, -0.1) is 0 Å². The minimum atomic E-state index is -4.32. The number of nitrogens with one attached hydrogen (secondary N) is 1. The van der Waals surface area contributed by atoms with Gasteiger partial charge in [0.05, 0.1) is 22.3 Å². The first-order valence-corrected chi connectivity index (χ1v) is 11.4. The first-order valence-electron chi connectivity index (χ1n) is 10.0. The summed E-state index contributed by atoms with van der Waals surface area (Å²) in [7, 11) is 0. The van der Waals surface area contributed by atoms with E-state index in [1.165, 1.54) is 11.6 Å². The number of nitrogens with zero attached hydrogens (tertiary/aromatic N) is 3. The molecule has 0 amide bonds. The molecule has 3 aromatic rings. The van der Waals surface area contributed by atoms with E-state index in [-0.39, 0.29) is 5.69 Å². The van der Waals surface area contributed by atoms with Crippen molar-refractivity contribution in [2.24, 2.45) is 0 Å². The predicted molar refractivity (Wildman–Crippen MR) is 117 cm³/mol. The van der Waals surface area contributed by atoms with Gasteiger partial charge in [0.15, 0.2) is 0 Å². The highest BCUT2D eigenvalue weighted by atomic mass is 32.2. The summed E-state index contributed by atoms with van der Waals surface area (Å²) in [5.41, 5.74) is 3.03. The van der Waals surface area contributed by atoms with Crippen molar-refractivity contribution in [3.8, 4) is 0 Å². The highest BCUT2D eigenvalue weighted by Gasteiger charge is 2.35. The molecule has 2 aromatic carbocycles. The first kappa shape index (κ1) is 21.1. The monoisotopic (exact) mass is 434 g/mol. The van der Waals surface area contributed by atoms with Crippen LogP contribution < -0.4 is 4.90 Å². The van der Waals surface area contributed by atoms with E-state index in [1.807, 2.05) is 4.90 Å². The molecule has 160 valence electrons. The summed E-state index contributed by atoms with van der Waals surface area (Å²) in [5.74, 6) is 1.86. The molecule has 1 saturated heterocycles. The van der Waals surface area contributed by atoms with Gasteiger partial charge in [-0.1, -0.05) is 18.2 Å². The molecule has 0 spiro atoms. The van der Waals surface area contributed by atoms with Gasteiger partial charge in [0.25, 0.3) is 0 Å². The molecule has 4 nitrogen and oxygen atoms in total. The van der Waals surface area contributed by atoms with Gasteiger partial charge in [0, 0.05) is 38.4 Å². The molecule has 0 aliphatic carbocycles. The zero-order chi connectivity index (χ0) is 21.1. The van der Waals surface area contributed by atoms with E-state index in [0.717, 1.165) is 54.7 Å². The van der Waals surface area contributed by atoms with E-state index in [1.54, 1.807) is 23.9 Å². The summed E-state index contributed by atoms with van der Waals surface area (Å²) >= 11 is 1.74. The molecule has 8 heteroatoms. The molecule has 1 fully saturated rings. The SMILES string of the molecule is CSCc1nc2ccc(CCN3CCN(c4ccccc4C(F)(F)F)CC3)cc2[nH]1. The van der Waals surface area contributed by atoms with E-state index in [9.17, 15) is 13.2 Å². The molecule has 1 aliphatic rings. The van der Waals surface area contributed by atoms with Gasteiger partial charge in [0.2, 0.25) is 0 Å². The Bertz CT molecular complexity index is 993. The number of benzene rings is 2. The van der Waals surface area contributed by atoms with Crippen molar-refractivity contribution < 1.29 is 13.2 Å². The zero-order valence-corrected chi connectivity index (χ0v) is 17.7. The van der Waals surface area contributed by atoms with Crippen LogP contribution in [0.5, 0.6) is 0 Å². The van der Waals surface area contributed by atoms with Crippen LogP contribution in [0.25, 0.3) is 11.0 Å². The third kappa shape index (κ3) is 4.75. The van der Waals surface area contributed by atoms with Gasteiger partial charge in [-0.2, -0.15) is 24.9 Å². The average molecular weight is 435 g/mol. The number of aromatic nitrogens is 2. The smallest absolute Gasteiger partial charge is 0.368 e. The number of aromatic amines is 1. The minimum absolute atomic E-state index is 0.287. The Morgan fingerprint density at radius 1 is 1.07 bits per heavy atom. The third-order valence-corrected chi connectivity index (χ3v) is 6.08. The van der Waals surface area contributed by atoms with Gasteiger partial charge in [-0.3, -0.25) is 4.90 Å². The maximum atomic E-state index is 13.3. The number of imidazole rings is 1. The van der Waals surface area contributed by atoms with Crippen LogP contribution in [0.2, 0.25) is 0 Å². The summed E-state index contributed by atoms with van der Waals surface area (Å²) in [6.45, 7) is 3.62. The summed E-state index contributed by atoms with van der Waals surface area (Å²) in [4.78, 5) is 12.1. The van der Waals surface area contributed by atoms with Crippen LogP contribution in [-0.4, -0.2) is 53.8 Å². The largest absolute Gasteiger partial charge is 0.418 e. The van der Waals surface area contributed by atoms with E-state index in [0.29, 0.717) is 13.1 Å². The Morgan fingerprint density at radius 2 is 1.83 bits per heavy atom. The van der Waals surface area contributed by atoms with E-state index in [4.69, 9.17) is 0 Å². The number of fused-ring (bicyclic) bond motifs is 1. The number of halogens is 3. The molecule has 1 aliphatic heterocycles. The van der Waals surface area contributed by atoms with Crippen LogP contribution in [0.15, 0.2) is 42.5 Å². The molecule has 0 unspecified atom stereocenters. The fraction of sp³-hybridized carbons (Fsp3) is 0.409. The van der Waals surface area contributed by atoms with Gasteiger partial charge < -0.3 is 9.88 Å². The number of alkyl halides is 3. The number of hydrogen-bond donors (Lipinski definition) is 1. The Morgan fingerprint density at radius 3 is 2.57 bits per heavy atom. The molecule has 1 N–H and O–H groups in total. The molecule has 0 bridgehead atoms. The second-order valence-corrected chi connectivity index (χ2v) is 8.43. The topological polar surface area (TPSA) is 35.2 Å². The van der Waals surface area contributed by atoms with Crippen molar-refractivity contribution in [3.63, 3.8) is 0 Å². The Labute approximate surface area is 178 Å². The fourth-order valence-corrected chi connectivity index (χ4v) is 4.37. The summed E-state index contributed by atoms with van der Waals surface area (Å²) in [6.07, 6.45) is -1.36. The maximum absolute atomic E-state index is 13.3. The molecular formula is C22H25F3N4S. The zero-order valence-electron chi connectivity index (χ0n) is 16.9. The van der Waals surface area contributed by atoms with Crippen molar-refractivity contribution in [3.05, 3.63) is 59.4 Å². The Hall–Kier alpha value is -2.19. The summed E-state index contributed by atoms with van der Waals surface area (Å²) in [5, 5.41) is 0. The molecular weight excluding hydrogens is 409 g/mol. The van der Waals surface area contributed by atoms with Crippen molar-refractivity contribution in [1.82, 2.24) is 14.9 Å². The average Bonchev–Trinajstić information content (AvgIpc) is 3.14. The Balaban J connectivity index is 1.34. The number of piperazine rings is 1. The maximum Gasteiger partial charge on any atom is 0.418 e. The number of H-pyrrole nitrogens is 1. The van der Waals surface area contributed by atoms with Crippen molar-refractivity contribution in [1.29, 1.82) is 0 Å². The molecule has 0 saturated carbocycles. The molecule has 0 radical (unpaired) electrons. The fourth-order valence-electron chi connectivity index (χ4n) is 3.96. The number of rotatable bonds is 6. The van der Waals surface area contributed by atoms with Crippen LogP contribution in [0.4, 0.5) is 18.9 Å². The quantitative estimate of drug-likeness (QED) is 0.604. The molecule has 30 heavy (non-hydrogen) atoms. The van der Waals surface area contributed by atoms with E-state index < -0.39 is 11.7 Å². The second kappa shape index (κ2) is 8.89. The van der Waals surface area contributed by atoms with Crippen LogP contribution in [0.1, 0.15) is 17.0 Å². The molecule has 4 rings (SSSR count). The van der Waals surface area contributed by atoms with Crippen LogP contribution in [-0.2, 0) is 18.3 Å². The lowest BCUT2D eigenvalue weighted by atomic mass is 10.1. The summed E-state index contributed by atoms with van der Waals surface area (Å²) in [6, 6.07) is 12.2. The number of hydrogen-bond acceptors (Lipinski definition) is 4. The number of thioether (sulfide) groups is 1. The van der Waals surface area contributed by atoms with E-state index >= 15 is 0 Å². The van der Waals surface area contributed by atoms with Crippen molar-refractivity contribution in [2.75, 3.05) is 43.9 Å². The minimum Gasteiger partial charge on any atom is -0.368 e. The van der Waals surface area contributed by atoms with Crippen LogP contribution >= 0.6 is 11.8 Å². The number of para-hydroxylation sites is 1.